The summed E-state index contributed by atoms with van der Waals surface area (Å²) < 4.78 is 0. The van der Waals surface area contributed by atoms with E-state index >= 15 is 0 Å². The Labute approximate surface area is 113 Å². The van der Waals surface area contributed by atoms with E-state index in [0.717, 1.165) is 24.4 Å². The molecule has 0 bridgehead atoms. The van der Waals surface area contributed by atoms with E-state index in [-0.39, 0.29) is 0 Å². The van der Waals surface area contributed by atoms with Crippen LogP contribution in [0.15, 0.2) is 24.3 Å². The van der Waals surface area contributed by atoms with Crippen molar-refractivity contribution in [2.45, 2.75) is 44.7 Å². The van der Waals surface area contributed by atoms with Gasteiger partial charge in [-0.25, -0.2) is 0 Å². The number of nitrogens with zero attached hydrogens (tertiary/aromatic N) is 1. The summed E-state index contributed by atoms with van der Waals surface area (Å²) in [5.41, 5.74) is 1.18. The van der Waals surface area contributed by atoms with Crippen molar-refractivity contribution in [2.75, 3.05) is 0 Å². The highest BCUT2D eigenvalue weighted by atomic mass is 35.5. The van der Waals surface area contributed by atoms with E-state index in [2.05, 4.69) is 4.90 Å². The largest absolute Gasteiger partial charge is 0.335 e. The van der Waals surface area contributed by atoms with Gasteiger partial charge in [-0.3, -0.25) is 4.79 Å². The summed E-state index contributed by atoms with van der Waals surface area (Å²) in [7, 11) is 0. The van der Waals surface area contributed by atoms with E-state index in [9.17, 15) is 4.79 Å². The molecule has 18 heavy (non-hydrogen) atoms. The molecule has 3 rings (SSSR count). The number of carbonyl (C=O) groups excluding carboxylic acids is 1. The summed E-state index contributed by atoms with van der Waals surface area (Å²) >= 11 is 5.89. The van der Waals surface area contributed by atoms with Gasteiger partial charge >= 0.3 is 0 Å². The highest BCUT2D eigenvalue weighted by Crippen LogP contribution is 2.35. The molecule has 96 valence electrons. The van der Waals surface area contributed by atoms with E-state index < -0.39 is 0 Å². The van der Waals surface area contributed by atoms with Crippen molar-refractivity contribution in [3.63, 3.8) is 0 Å². The summed E-state index contributed by atoms with van der Waals surface area (Å²) in [5, 5.41) is 0.752. The normalized spacial score (nSPS) is 19.4. The number of amides is 1. The molecule has 0 radical (unpaired) electrons. The minimum Gasteiger partial charge on any atom is -0.335 e. The molecule has 3 heteroatoms. The van der Waals surface area contributed by atoms with Crippen LogP contribution in [0.25, 0.3) is 0 Å². The molecule has 2 aliphatic carbocycles. The lowest BCUT2D eigenvalue weighted by molar-refractivity contribution is -0.139. The van der Waals surface area contributed by atoms with E-state index in [1.165, 1.54) is 24.8 Å². The average Bonchev–Trinajstić information content (AvgIpc) is 3.09. The van der Waals surface area contributed by atoms with Crippen LogP contribution in [0.4, 0.5) is 0 Å². The van der Waals surface area contributed by atoms with Gasteiger partial charge in [-0.1, -0.05) is 30.2 Å². The lowest BCUT2D eigenvalue weighted by Gasteiger charge is -2.32. The quantitative estimate of drug-likeness (QED) is 0.812. The van der Waals surface area contributed by atoms with Crippen LogP contribution in [-0.2, 0) is 11.3 Å². The van der Waals surface area contributed by atoms with Crippen molar-refractivity contribution in [3.05, 3.63) is 34.9 Å². The van der Waals surface area contributed by atoms with Crippen LogP contribution >= 0.6 is 11.6 Å². The van der Waals surface area contributed by atoms with Crippen molar-refractivity contribution < 1.29 is 4.79 Å². The van der Waals surface area contributed by atoms with Gasteiger partial charge in [0.15, 0.2) is 0 Å². The summed E-state index contributed by atoms with van der Waals surface area (Å²) in [4.78, 5) is 14.5. The van der Waals surface area contributed by atoms with Crippen LogP contribution in [0.2, 0.25) is 5.02 Å². The summed E-state index contributed by atoms with van der Waals surface area (Å²) in [5.74, 6) is 0.677. The van der Waals surface area contributed by atoms with Crippen molar-refractivity contribution in [3.8, 4) is 0 Å². The van der Waals surface area contributed by atoms with Gasteiger partial charge in [0.1, 0.15) is 0 Å². The third-order valence-electron chi connectivity index (χ3n) is 3.99. The Morgan fingerprint density at radius 2 is 1.83 bits per heavy atom. The Morgan fingerprint density at radius 1 is 1.17 bits per heavy atom. The van der Waals surface area contributed by atoms with Crippen LogP contribution < -0.4 is 0 Å². The van der Waals surface area contributed by atoms with E-state index in [4.69, 9.17) is 11.6 Å². The number of halogens is 1. The molecule has 1 amide bonds. The van der Waals surface area contributed by atoms with Crippen LogP contribution in [0.1, 0.15) is 37.7 Å². The zero-order valence-corrected chi connectivity index (χ0v) is 11.2. The molecule has 0 aromatic heterocycles. The third-order valence-corrected chi connectivity index (χ3v) is 4.24. The summed E-state index contributed by atoms with van der Waals surface area (Å²) in [6, 6.07) is 8.33. The molecule has 2 fully saturated rings. The maximum atomic E-state index is 12.4. The highest BCUT2D eigenvalue weighted by molar-refractivity contribution is 6.30. The second-order valence-electron chi connectivity index (χ2n) is 5.45. The van der Waals surface area contributed by atoms with Gasteiger partial charge in [-0.15, -0.1) is 0 Å². The molecule has 0 unspecified atom stereocenters. The number of hydrogen-bond acceptors (Lipinski definition) is 1. The lowest BCUT2D eigenvalue weighted by Crippen LogP contribution is -2.39. The van der Waals surface area contributed by atoms with Gasteiger partial charge in [0.05, 0.1) is 0 Å². The molecule has 1 aromatic rings. The first-order valence-corrected chi connectivity index (χ1v) is 7.17. The fourth-order valence-corrected chi connectivity index (χ4v) is 2.58. The minimum absolute atomic E-state index is 0.304. The van der Waals surface area contributed by atoms with Crippen LogP contribution in [-0.4, -0.2) is 16.8 Å². The molecule has 0 heterocycles. The van der Waals surface area contributed by atoms with Gasteiger partial charge in [0.25, 0.3) is 0 Å². The Kier molecular flexibility index (Phi) is 3.29. The minimum atomic E-state index is 0.304. The number of benzene rings is 1. The Bertz CT molecular complexity index is 434. The van der Waals surface area contributed by atoms with Gasteiger partial charge in [-0.05, 0) is 43.4 Å². The molecule has 1 aromatic carbocycles. The first kappa shape index (κ1) is 12.0. The maximum absolute atomic E-state index is 12.4. The van der Waals surface area contributed by atoms with E-state index in [1.807, 2.05) is 24.3 Å². The number of rotatable bonds is 4. The lowest BCUT2D eigenvalue weighted by atomic mass is 9.84. The van der Waals surface area contributed by atoms with Crippen molar-refractivity contribution in [2.24, 2.45) is 5.92 Å². The first-order chi connectivity index (χ1) is 8.74. The predicted octanol–water partition coefficient (Wildman–Crippen LogP) is 3.63. The molecule has 0 spiro atoms. The molecule has 0 atom stereocenters. The predicted molar refractivity (Wildman–Crippen MR) is 72.4 cm³/mol. The van der Waals surface area contributed by atoms with Crippen LogP contribution in [0.5, 0.6) is 0 Å². The Balaban J connectivity index is 1.69. The molecule has 2 nitrogen and oxygen atoms in total. The second-order valence-corrected chi connectivity index (χ2v) is 5.89. The molecule has 0 N–H and O–H groups in total. The van der Waals surface area contributed by atoms with E-state index in [0.29, 0.717) is 17.9 Å². The summed E-state index contributed by atoms with van der Waals surface area (Å²) in [6.07, 6.45) is 5.74. The zero-order valence-electron chi connectivity index (χ0n) is 10.4. The van der Waals surface area contributed by atoms with Crippen molar-refractivity contribution >= 4 is 17.5 Å². The van der Waals surface area contributed by atoms with Gasteiger partial charge in [0, 0.05) is 23.5 Å². The monoisotopic (exact) mass is 263 g/mol. The fraction of sp³-hybridized carbons (Fsp3) is 0.533. The van der Waals surface area contributed by atoms with Crippen LogP contribution in [0, 0.1) is 5.92 Å². The molecular formula is C15H18ClNO. The second kappa shape index (κ2) is 4.93. The molecule has 2 aliphatic rings. The maximum Gasteiger partial charge on any atom is 0.226 e. The SMILES string of the molecule is O=C(C1CCC1)N(Cc1ccc(Cl)cc1)C1CC1. The van der Waals surface area contributed by atoms with Gasteiger partial charge in [-0.2, -0.15) is 0 Å². The number of hydrogen-bond donors (Lipinski definition) is 0. The van der Waals surface area contributed by atoms with Crippen LogP contribution in [0.3, 0.4) is 0 Å². The zero-order chi connectivity index (χ0) is 12.5. The first-order valence-electron chi connectivity index (χ1n) is 6.79. The van der Waals surface area contributed by atoms with Crippen molar-refractivity contribution in [1.82, 2.24) is 4.90 Å². The fourth-order valence-electron chi connectivity index (χ4n) is 2.45. The van der Waals surface area contributed by atoms with Crippen molar-refractivity contribution in [1.29, 1.82) is 0 Å². The standard InChI is InChI=1S/C15H18ClNO/c16-13-6-4-11(5-7-13)10-17(14-8-9-14)15(18)12-2-1-3-12/h4-7,12,14H,1-3,8-10H2. The molecule has 2 saturated carbocycles. The van der Waals surface area contributed by atoms with Gasteiger partial charge < -0.3 is 4.90 Å². The van der Waals surface area contributed by atoms with E-state index in [1.54, 1.807) is 0 Å². The molecular weight excluding hydrogens is 246 g/mol. The topological polar surface area (TPSA) is 20.3 Å². The average molecular weight is 264 g/mol. The number of carbonyl (C=O) groups is 1. The third kappa shape index (κ3) is 2.54. The summed E-state index contributed by atoms with van der Waals surface area (Å²) in [6.45, 7) is 0.747. The Hall–Kier alpha value is -1.02. The highest BCUT2D eigenvalue weighted by Gasteiger charge is 2.37. The Morgan fingerprint density at radius 3 is 2.33 bits per heavy atom. The molecule has 0 aliphatic heterocycles. The van der Waals surface area contributed by atoms with Gasteiger partial charge in [0.2, 0.25) is 5.91 Å². The smallest absolute Gasteiger partial charge is 0.226 e. The molecule has 0 saturated heterocycles.